The Morgan fingerprint density at radius 2 is 1.70 bits per heavy atom. The van der Waals surface area contributed by atoms with E-state index in [-0.39, 0.29) is 12.0 Å². The molecular weight excluding hydrogens is 332 g/mol. The molecule has 0 saturated carbocycles. The van der Waals surface area contributed by atoms with Crippen LogP contribution in [-0.2, 0) is 6.54 Å². The molecule has 0 fully saturated rings. The molecule has 0 spiro atoms. The summed E-state index contributed by atoms with van der Waals surface area (Å²) in [6, 6.07) is 21.0. The summed E-state index contributed by atoms with van der Waals surface area (Å²) in [5.41, 5.74) is 8.92. The topological polar surface area (TPSA) is 49.1 Å². The third-order valence-electron chi connectivity index (χ3n) is 5.01. The first-order valence-electron chi connectivity index (χ1n) is 9.49. The van der Waals surface area contributed by atoms with E-state index in [0.717, 1.165) is 23.7 Å². The molecular formula is C23H24N4. The van der Waals surface area contributed by atoms with Crippen LogP contribution in [0.5, 0.6) is 0 Å². The number of rotatable bonds is 5. The normalized spacial score (nSPS) is 23.0. The number of nitrogens with zero attached hydrogens (tertiary/aromatic N) is 3. The second-order valence-electron chi connectivity index (χ2n) is 6.93. The van der Waals surface area contributed by atoms with Gasteiger partial charge in [-0.2, -0.15) is 5.10 Å². The van der Waals surface area contributed by atoms with Gasteiger partial charge in [0.25, 0.3) is 0 Å². The molecule has 4 rings (SSSR count). The number of hydrazone groups is 1. The molecule has 136 valence electrons. The molecule has 2 aliphatic heterocycles. The van der Waals surface area contributed by atoms with E-state index in [1.165, 1.54) is 16.7 Å². The zero-order chi connectivity index (χ0) is 18.6. The first kappa shape index (κ1) is 17.4. The molecule has 0 amide bonds. The summed E-state index contributed by atoms with van der Waals surface area (Å²) < 4.78 is 0. The Bertz CT molecular complexity index is 923. The van der Waals surface area contributed by atoms with Crippen molar-refractivity contribution in [2.24, 2.45) is 15.1 Å². The summed E-state index contributed by atoms with van der Waals surface area (Å²) in [7, 11) is 0. The number of amidine groups is 1. The van der Waals surface area contributed by atoms with Crippen molar-refractivity contribution in [1.82, 2.24) is 5.43 Å². The van der Waals surface area contributed by atoms with Crippen LogP contribution in [0.1, 0.15) is 37.3 Å². The van der Waals surface area contributed by atoms with Crippen molar-refractivity contribution in [3.8, 4) is 0 Å². The summed E-state index contributed by atoms with van der Waals surface area (Å²) in [4.78, 5) is 9.62. The Hall–Kier alpha value is -3.01. The molecule has 0 aromatic heterocycles. The summed E-state index contributed by atoms with van der Waals surface area (Å²) in [5, 5.41) is 4.70. The van der Waals surface area contributed by atoms with Gasteiger partial charge in [-0.1, -0.05) is 67.6 Å². The van der Waals surface area contributed by atoms with Crippen molar-refractivity contribution in [2.45, 2.75) is 38.8 Å². The highest BCUT2D eigenvalue weighted by Gasteiger charge is 2.35. The van der Waals surface area contributed by atoms with Crippen molar-refractivity contribution >= 4 is 17.3 Å². The Morgan fingerprint density at radius 1 is 1.00 bits per heavy atom. The van der Waals surface area contributed by atoms with Crippen molar-refractivity contribution in [3.63, 3.8) is 0 Å². The van der Waals surface area contributed by atoms with E-state index in [2.05, 4.69) is 61.7 Å². The Kier molecular flexibility index (Phi) is 4.97. The maximum absolute atomic E-state index is 4.87. The zero-order valence-electron chi connectivity index (χ0n) is 15.8. The van der Waals surface area contributed by atoms with Gasteiger partial charge in [0.15, 0.2) is 0 Å². The molecule has 2 heterocycles. The second-order valence-corrected chi connectivity index (χ2v) is 6.93. The van der Waals surface area contributed by atoms with E-state index < -0.39 is 0 Å². The predicted octanol–water partition coefficient (Wildman–Crippen LogP) is 4.51. The smallest absolute Gasteiger partial charge is 0.131 e. The molecule has 0 saturated heterocycles. The predicted molar refractivity (Wildman–Crippen MR) is 113 cm³/mol. The van der Waals surface area contributed by atoms with Crippen LogP contribution in [-0.4, -0.2) is 23.3 Å². The zero-order valence-corrected chi connectivity index (χ0v) is 15.8. The number of benzene rings is 2. The number of aliphatic imine (C=N–C) groups is 2. The van der Waals surface area contributed by atoms with Crippen LogP contribution in [0.25, 0.3) is 0 Å². The van der Waals surface area contributed by atoms with Gasteiger partial charge in [0.2, 0.25) is 0 Å². The van der Waals surface area contributed by atoms with Gasteiger partial charge < -0.3 is 0 Å². The van der Waals surface area contributed by atoms with E-state index in [9.17, 15) is 0 Å². The van der Waals surface area contributed by atoms with Gasteiger partial charge in [-0.15, -0.1) is 0 Å². The average molecular weight is 356 g/mol. The van der Waals surface area contributed by atoms with Gasteiger partial charge in [-0.05, 0) is 30.5 Å². The lowest BCUT2D eigenvalue weighted by Gasteiger charge is -2.17. The van der Waals surface area contributed by atoms with Gasteiger partial charge in [0, 0.05) is 11.3 Å². The quantitative estimate of drug-likeness (QED) is 0.842. The molecule has 0 aliphatic carbocycles. The lowest BCUT2D eigenvalue weighted by atomic mass is 9.86. The minimum atomic E-state index is 0.0244. The summed E-state index contributed by atoms with van der Waals surface area (Å²) in [6.45, 7) is 4.87. The highest BCUT2D eigenvalue weighted by atomic mass is 15.4. The third kappa shape index (κ3) is 3.61. The van der Waals surface area contributed by atoms with Gasteiger partial charge >= 0.3 is 0 Å². The fourth-order valence-electron chi connectivity index (χ4n) is 3.68. The molecule has 1 N–H and O–H groups in total. The standard InChI is InChI=1S/C23H24N4/c1-3-20-19(14-16(2)25-20)22-21(18-12-8-5-9-13-18)23(27-26-22)24-15-17-10-6-4-7-11-17/h4-14,20-21H,3,15H2,1-2H3,(H,24,27). The van der Waals surface area contributed by atoms with Crippen LogP contribution in [0.4, 0.5) is 0 Å². The lowest BCUT2D eigenvalue weighted by molar-refractivity contribution is 0.775. The highest BCUT2D eigenvalue weighted by Crippen LogP contribution is 2.31. The van der Waals surface area contributed by atoms with Gasteiger partial charge in [-0.25, -0.2) is 0 Å². The molecule has 2 atom stereocenters. The van der Waals surface area contributed by atoms with E-state index in [1.54, 1.807) is 0 Å². The van der Waals surface area contributed by atoms with Gasteiger partial charge in [0.05, 0.1) is 24.2 Å². The Morgan fingerprint density at radius 3 is 2.41 bits per heavy atom. The SMILES string of the molecule is CCC1N=C(C)C=C1C1=NNC(=NCc2ccccc2)C1c1ccccc1. The van der Waals surface area contributed by atoms with E-state index in [4.69, 9.17) is 15.1 Å². The molecule has 2 aliphatic rings. The molecule has 4 heteroatoms. The first-order valence-corrected chi connectivity index (χ1v) is 9.49. The van der Waals surface area contributed by atoms with E-state index in [0.29, 0.717) is 6.54 Å². The van der Waals surface area contributed by atoms with Gasteiger partial charge in [0.1, 0.15) is 5.84 Å². The van der Waals surface area contributed by atoms with Crippen molar-refractivity contribution < 1.29 is 0 Å². The number of allylic oxidation sites excluding steroid dienone is 1. The fraction of sp³-hybridized carbons (Fsp3) is 0.261. The van der Waals surface area contributed by atoms with Crippen molar-refractivity contribution in [2.75, 3.05) is 0 Å². The minimum Gasteiger partial charge on any atom is -0.282 e. The van der Waals surface area contributed by atoms with Crippen molar-refractivity contribution in [1.29, 1.82) is 0 Å². The summed E-state index contributed by atoms with van der Waals surface area (Å²) >= 11 is 0. The maximum Gasteiger partial charge on any atom is 0.131 e. The molecule has 0 radical (unpaired) electrons. The largest absolute Gasteiger partial charge is 0.282 e. The Balaban J connectivity index is 1.67. The monoisotopic (exact) mass is 356 g/mol. The van der Waals surface area contributed by atoms with Crippen LogP contribution in [0, 0.1) is 0 Å². The van der Waals surface area contributed by atoms with Crippen LogP contribution in [0.3, 0.4) is 0 Å². The fourth-order valence-corrected chi connectivity index (χ4v) is 3.68. The minimum absolute atomic E-state index is 0.0244. The third-order valence-corrected chi connectivity index (χ3v) is 5.01. The molecule has 27 heavy (non-hydrogen) atoms. The van der Waals surface area contributed by atoms with Gasteiger partial charge in [-0.3, -0.25) is 15.4 Å². The number of hydrogen-bond acceptors (Lipinski definition) is 3. The number of nitrogens with one attached hydrogen (secondary N) is 1. The maximum atomic E-state index is 4.87. The molecule has 2 unspecified atom stereocenters. The lowest BCUT2D eigenvalue weighted by Crippen LogP contribution is -2.25. The molecule has 2 aromatic carbocycles. The average Bonchev–Trinajstić information content (AvgIpc) is 3.30. The van der Waals surface area contributed by atoms with E-state index >= 15 is 0 Å². The molecule has 4 nitrogen and oxygen atoms in total. The second kappa shape index (κ2) is 7.70. The van der Waals surface area contributed by atoms with Crippen LogP contribution >= 0.6 is 0 Å². The van der Waals surface area contributed by atoms with Crippen LogP contribution in [0.15, 0.2) is 87.4 Å². The van der Waals surface area contributed by atoms with Crippen LogP contribution < -0.4 is 5.43 Å². The summed E-state index contributed by atoms with van der Waals surface area (Å²) in [5.74, 6) is 0.927. The van der Waals surface area contributed by atoms with E-state index in [1.807, 2.05) is 24.3 Å². The molecule has 0 bridgehead atoms. The first-order chi connectivity index (χ1) is 13.3. The van der Waals surface area contributed by atoms with Crippen LogP contribution in [0.2, 0.25) is 0 Å². The molecule has 2 aromatic rings. The number of hydrogen-bond donors (Lipinski definition) is 1. The highest BCUT2D eigenvalue weighted by molar-refractivity contribution is 6.24. The van der Waals surface area contributed by atoms with Crippen molar-refractivity contribution in [3.05, 3.63) is 83.4 Å². The summed E-state index contributed by atoms with van der Waals surface area (Å²) in [6.07, 6.45) is 3.14. The Labute approximate surface area is 160 Å².